The van der Waals surface area contributed by atoms with E-state index in [4.69, 9.17) is 10.5 Å². The SMILES string of the molecule is CCC(=O)OC1=NNN(Cc2ccc(N)cc2)N1. The van der Waals surface area contributed by atoms with Crippen molar-refractivity contribution in [1.82, 2.24) is 16.1 Å². The lowest BCUT2D eigenvalue weighted by Crippen LogP contribution is -2.41. The number of hydrazone groups is 1. The first-order valence-electron chi connectivity index (χ1n) is 5.60. The Labute approximate surface area is 105 Å². The topological polar surface area (TPSA) is 92.0 Å². The van der Waals surface area contributed by atoms with Gasteiger partial charge in [-0.25, -0.2) is 5.53 Å². The number of carbonyl (C=O) groups is 1. The van der Waals surface area contributed by atoms with E-state index < -0.39 is 0 Å². The van der Waals surface area contributed by atoms with Crippen LogP contribution in [0.3, 0.4) is 0 Å². The van der Waals surface area contributed by atoms with Crippen LogP contribution in [0.2, 0.25) is 0 Å². The molecule has 4 N–H and O–H groups in total. The van der Waals surface area contributed by atoms with Crippen molar-refractivity contribution >= 4 is 17.7 Å². The average molecular weight is 249 g/mol. The number of nitrogens with one attached hydrogen (secondary N) is 2. The molecule has 2 rings (SSSR count). The van der Waals surface area contributed by atoms with Gasteiger partial charge in [-0.05, 0) is 17.7 Å². The Bertz CT molecular complexity index is 457. The van der Waals surface area contributed by atoms with Crippen LogP contribution in [0.25, 0.3) is 0 Å². The van der Waals surface area contributed by atoms with Gasteiger partial charge in [-0.3, -0.25) is 10.2 Å². The summed E-state index contributed by atoms with van der Waals surface area (Å²) in [7, 11) is 0. The molecule has 0 amide bonds. The summed E-state index contributed by atoms with van der Waals surface area (Å²) >= 11 is 0. The van der Waals surface area contributed by atoms with Gasteiger partial charge >= 0.3 is 12.0 Å². The van der Waals surface area contributed by atoms with Gasteiger partial charge in [0.05, 0.1) is 6.54 Å². The predicted molar refractivity (Wildman–Crippen MR) is 66.5 cm³/mol. The van der Waals surface area contributed by atoms with E-state index in [-0.39, 0.29) is 12.0 Å². The van der Waals surface area contributed by atoms with Crippen LogP contribution in [-0.4, -0.2) is 17.1 Å². The van der Waals surface area contributed by atoms with E-state index in [1.54, 1.807) is 12.0 Å². The number of anilines is 1. The smallest absolute Gasteiger partial charge is 0.332 e. The maximum absolute atomic E-state index is 11.1. The molecule has 1 aromatic rings. The number of nitrogens with zero attached hydrogens (tertiary/aromatic N) is 2. The van der Waals surface area contributed by atoms with Crippen LogP contribution in [0.5, 0.6) is 0 Å². The van der Waals surface area contributed by atoms with E-state index in [1.807, 2.05) is 24.3 Å². The molecular weight excluding hydrogens is 234 g/mol. The summed E-state index contributed by atoms with van der Waals surface area (Å²) in [5.41, 5.74) is 12.9. The number of nitrogen functional groups attached to an aromatic ring is 1. The molecule has 0 saturated heterocycles. The molecule has 7 heteroatoms. The minimum atomic E-state index is -0.336. The second-order valence-corrected chi connectivity index (χ2v) is 3.78. The molecule has 0 fully saturated rings. The van der Waals surface area contributed by atoms with Gasteiger partial charge in [-0.2, -0.15) is 0 Å². The Balaban J connectivity index is 1.84. The van der Waals surface area contributed by atoms with Gasteiger partial charge in [0.25, 0.3) is 0 Å². The molecule has 1 aromatic carbocycles. The molecule has 96 valence electrons. The number of benzene rings is 1. The molecule has 0 spiro atoms. The second kappa shape index (κ2) is 5.37. The fourth-order valence-corrected chi connectivity index (χ4v) is 1.38. The molecular formula is C11H15N5O2. The monoisotopic (exact) mass is 249 g/mol. The molecule has 0 bridgehead atoms. The van der Waals surface area contributed by atoms with Crippen LogP contribution in [0.4, 0.5) is 5.69 Å². The fourth-order valence-electron chi connectivity index (χ4n) is 1.38. The minimum absolute atomic E-state index is 0.150. The first-order valence-corrected chi connectivity index (χ1v) is 5.60. The van der Waals surface area contributed by atoms with Gasteiger partial charge in [0.2, 0.25) is 0 Å². The number of hydrogen-bond acceptors (Lipinski definition) is 7. The third kappa shape index (κ3) is 3.11. The molecule has 0 radical (unpaired) electrons. The largest absolute Gasteiger partial charge is 0.399 e. The van der Waals surface area contributed by atoms with Crippen molar-refractivity contribution < 1.29 is 9.53 Å². The zero-order chi connectivity index (χ0) is 13.0. The van der Waals surface area contributed by atoms with E-state index in [2.05, 4.69) is 16.1 Å². The number of carbonyl (C=O) groups excluding carboxylic acids is 1. The summed E-state index contributed by atoms with van der Waals surface area (Å²) < 4.78 is 4.92. The normalized spacial score (nSPS) is 14.6. The van der Waals surface area contributed by atoms with Gasteiger partial charge in [0, 0.05) is 12.1 Å². The van der Waals surface area contributed by atoms with Crippen molar-refractivity contribution in [2.45, 2.75) is 19.9 Å². The highest BCUT2D eigenvalue weighted by Gasteiger charge is 2.17. The van der Waals surface area contributed by atoms with Crippen LogP contribution >= 0.6 is 0 Å². The van der Waals surface area contributed by atoms with Crippen molar-refractivity contribution in [3.8, 4) is 0 Å². The number of amidine groups is 1. The third-order valence-corrected chi connectivity index (χ3v) is 2.32. The van der Waals surface area contributed by atoms with Crippen molar-refractivity contribution in [3.63, 3.8) is 0 Å². The highest BCUT2D eigenvalue weighted by atomic mass is 16.6. The maximum atomic E-state index is 11.1. The lowest BCUT2D eigenvalue weighted by Gasteiger charge is -2.15. The predicted octanol–water partition coefficient (Wildman–Crippen LogP) is 0.318. The number of rotatable bonds is 3. The van der Waals surface area contributed by atoms with Crippen molar-refractivity contribution in [2.24, 2.45) is 5.10 Å². The molecule has 0 atom stereocenters. The molecule has 18 heavy (non-hydrogen) atoms. The minimum Gasteiger partial charge on any atom is -0.399 e. The molecule has 0 unspecified atom stereocenters. The lowest BCUT2D eigenvalue weighted by atomic mass is 10.2. The van der Waals surface area contributed by atoms with Gasteiger partial charge in [-0.15, -0.1) is 10.2 Å². The van der Waals surface area contributed by atoms with E-state index >= 15 is 0 Å². The van der Waals surface area contributed by atoms with Gasteiger partial charge in [-0.1, -0.05) is 19.1 Å². The molecule has 7 nitrogen and oxygen atoms in total. The molecule has 1 aliphatic heterocycles. The molecule has 0 aliphatic carbocycles. The first-order chi connectivity index (χ1) is 8.67. The standard InChI is InChI=1S/C11H15N5O2/c1-2-10(17)18-11-13-15-16(14-11)7-8-3-5-9(12)6-4-8/h3-6,15H,2,7,12H2,1H3,(H,13,14). The van der Waals surface area contributed by atoms with Crippen LogP contribution in [0.15, 0.2) is 29.4 Å². The van der Waals surface area contributed by atoms with Gasteiger partial charge < -0.3 is 10.5 Å². The lowest BCUT2D eigenvalue weighted by molar-refractivity contribution is -0.135. The number of nitrogens with two attached hydrogens (primary N) is 1. The summed E-state index contributed by atoms with van der Waals surface area (Å²) in [6.45, 7) is 2.27. The van der Waals surface area contributed by atoms with Crippen LogP contribution in [0, 0.1) is 0 Å². The first kappa shape index (κ1) is 12.2. The van der Waals surface area contributed by atoms with Gasteiger partial charge in [0.15, 0.2) is 0 Å². The van der Waals surface area contributed by atoms with Crippen LogP contribution in [-0.2, 0) is 16.1 Å². The van der Waals surface area contributed by atoms with Crippen molar-refractivity contribution in [1.29, 1.82) is 0 Å². The highest BCUT2D eigenvalue weighted by molar-refractivity contribution is 5.87. The van der Waals surface area contributed by atoms with E-state index in [0.29, 0.717) is 13.0 Å². The Morgan fingerprint density at radius 2 is 2.17 bits per heavy atom. The van der Waals surface area contributed by atoms with E-state index in [1.165, 1.54) is 0 Å². The third-order valence-electron chi connectivity index (χ3n) is 2.32. The molecule has 0 aromatic heterocycles. The zero-order valence-electron chi connectivity index (χ0n) is 10.0. The fraction of sp³-hybridized carbons (Fsp3) is 0.273. The Morgan fingerprint density at radius 3 is 2.83 bits per heavy atom. The van der Waals surface area contributed by atoms with Crippen LogP contribution in [0.1, 0.15) is 18.9 Å². The van der Waals surface area contributed by atoms with Crippen molar-refractivity contribution in [3.05, 3.63) is 29.8 Å². The Kier molecular flexibility index (Phi) is 3.63. The second-order valence-electron chi connectivity index (χ2n) is 3.78. The molecule has 1 heterocycles. The Hall–Kier alpha value is -2.28. The summed E-state index contributed by atoms with van der Waals surface area (Å²) in [5.74, 6) is -0.336. The zero-order valence-corrected chi connectivity index (χ0v) is 10.0. The number of esters is 1. The van der Waals surface area contributed by atoms with E-state index in [9.17, 15) is 4.79 Å². The summed E-state index contributed by atoms with van der Waals surface area (Å²) in [6, 6.07) is 7.62. The molecule has 0 saturated carbocycles. The molecule has 1 aliphatic rings. The number of ether oxygens (including phenoxy) is 1. The van der Waals surface area contributed by atoms with E-state index in [0.717, 1.165) is 11.3 Å². The quantitative estimate of drug-likeness (QED) is 0.527. The average Bonchev–Trinajstić information content (AvgIpc) is 2.79. The Morgan fingerprint density at radius 1 is 1.44 bits per heavy atom. The summed E-state index contributed by atoms with van der Waals surface area (Å²) in [4.78, 5) is 11.1. The highest BCUT2D eigenvalue weighted by Crippen LogP contribution is 2.07. The van der Waals surface area contributed by atoms with Crippen LogP contribution < -0.4 is 16.7 Å². The van der Waals surface area contributed by atoms with Crippen molar-refractivity contribution in [2.75, 3.05) is 5.73 Å². The number of hydrazine groups is 2. The summed E-state index contributed by atoms with van der Waals surface area (Å²) in [6.07, 6.45) is 0.304. The number of hydrogen-bond donors (Lipinski definition) is 3. The summed E-state index contributed by atoms with van der Waals surface area (Å²) in [5, 5.41) is 5.43. The maximum Gasteiger partial charge on any atom is 0.332 e. The van der Waals surface area contributed by atoms with Gasteiger partial charge in [0.1, 0.15) is 0 Å².